The molecular weight excluding hydrogens is 292 g/mol. The average Bonchev–Trinajstić information content (AvgIpc) is 2.55. The molecule has 0 saturated carbocycles. The summed E-state index contributed by atoms with van der Waals surface area (Å²) in [6, 6.07) is 14.5. The van der Waals surface area contributed by atoms with Crippen molar-refractivity contribution in [3.8, 4) is 5.75 Å². The van der Waals surface area contributed by atoms with Crippen LogP contribution in [0.2, 0.25) is 0 Å². The number of anilines is 2. The number of hydrogen-bond acceptors (Lipinski definition) is 3. The third-order valence-corrected chi connectivity index (χ3v) is 3.35. The Morgan fingerprint density at radius 3 is 2.48 bits per heavy atom. The maximum absolute atomic E-state index is 12.0. The minimum absolute atomic E-state index is 0.241. The van der Waals surface area contributed by atoms with Gasteiger partial charge in [-0.2, -0.15) is 0 Å². The molecule has 120 valence electrons. The monoisotopic (exact) mass is 312 g/mol. The van der Waals surface area contributed by atoms with Gasteiger partial charge < -0.3 is 15.4 Å². The highest BCUT2D eigenvalue weighted by molar-refractivity contribution is 6.08. The number of aryl methyl sites for hydroxylation is 1. The molecular formula is C18H20N2O3. The van der Waals surface area contributed by atoms with Crippen molar-refractivity contribution in [1.82, 2.24) is 0 Å². The predicted octanol–water partition coefficient (Wildman–Crippen LogP) is 3.22. The molecule has 2 rings (SSSR count). The fourth-order valence-electron chi connectivity index (χ4n) is 2.20. The second-order valence-electron chi connectivity index (χ2n) is 5.02. The van der Waals surface area contributed by atoms with E-state index in [0.29, 0.717) is 11.4 Å². The highest BCUT2D eigenvalue weighted by Gasteiger charge is 2.11. The fourth-order valence-corrected chi connectivity index (χ4v) is 2.20. The maximum atomic E-state index is 12.0. The standard InChI is InChI=1S/C18H20N2O3/c1-3-13-7-4-5-10-16(13)20-18(22)12-17(21)19-14-8-6-9-15(11-14)23-2/h4-11H,3,12H2,1-2H3,(H,19,21)(H,20,22). The molecule has 0 aromatic heterocycles. The van der Waals surface area contributed by atoms with Crippen molar-refractivity contribution >= 4 is 23.2 Å². The summed E-state index contributed by atoms with van der Waals surface area (Å²) in [5, 5.41) is 5.46. The molecule has 0 atom stereocenters. The Morgan fingerprint density at radius 2 is 1.74 bits per heavy atom. The Morgan fingerprint density at radius 1 is 1.00 bits per heavy atom. The van der Waals surface area contributed by atoms with Crippen LogP contribution in [0, 0.1) is 0 Å². The lowest BCUT2D eigenvalue weighted by atomic mass is 10.1. The Hall–Kier alpha value is -2.82. The third kappa shape index (κ3) is 4.85. The van der Waals surface area contributed by atoms with Gasteiger partial charge in [-0.25, -0.2) is 0 Å². The summed E-state index contributed by atoms with van der Waals surface area (Å²) < 4.78 is 5.09. The molecule has 0 bridgehead atoms. The smallest absolute Gasteiger partial charge is 0.233 e. The van der Waals surface area contributed by atoms with E-state index < -0.39 is 0 Å². The third-order valence-electron chi connectivity index (χ3n) is 3.35. The molecule has 2 aromatic rings. The van der Waals surface area contributed by atoms with Crippen LogP contribution in [0.4, 0.5) is 11.4 Å². The number of rotatable bonds is 6. The van der Waals surface area contributed by atoms with Crippen molar-refractivity contribution in [2.24, 2.45) is 0 Å². The van der Waals surface area contributed by atoms with E-state index in [-0.39, 0.29) is 18.2 Å². The molecule has 0 unspecified atom stereocenters. The van der Waals surface area contributed by atoms with Crippen LogP contribution >= 0.6 is 0 Å². The number of para-hydroxylation sites is 1. The second kappa shape index (κ2) is 7.98. The van der Waals surface area contributed by atoms with Crippen molar-refractivity contribution in [2.45, 2.75) is 19.8 Å². The molecule has 0 aliphatic rings. The first-order valence-electron chi connectivity index (χ1n) is 7.44. The van der Waals surface area contributed by atoms with E-state index in [1.54, 1.807) is 31.4 Å². The van der Waals surface area contributed by atoms with Crippen LogP contribution in [0.25, 0.3) is 0 Å². The van der Waals surface area contributed by atoms with Crippen molar-refractivity contribution in [3.63, 3.8) is 0 Å². The van der Waals surface area contributed by atoms with Crippen LogP contribution in [-0.2, 0) is 16.0 Å². The molecule has 0 spiro atoms. The van der Waals surface area contributed by atoms with Gasteiger partial charge in [-0.3, -0.25) is 9.59 Å². The summed E-state index contributed by atoms with van der Waals surface area (Å²) in [6.45, 7) is 2.01. The van der Waals surface area contributed by atoms with Crippen molar-refractivity contribution in [3.05, 3.63) is 54.1 Å². The summed E-state index contributed by atoms with van der Waals surface area (Å²) >= 11 is 0. The van der Waals surface area contributed by atoms with Gasteiger partial charge in [0.25, 0.3) is 0 Å². The first-order chi connectivity index (χ1) is 11.1. The first kappa shape index (κ1) is 16.5. The van der Waals surface area contributed by atoms with Crippen molar-refractivity contribution in [1.29, 1.82) is 0 Å². The number of carbonyl (C=O) groups excluding carboxylic acids is 2. The lowest BCUT2D eigenvalue weighted by Gasteiger charge is -2.10. The van der Waals surface area contributed by atoms with Crippen LogP contribution in [0.1, 0.15) is 18.9 Å². The van der Waals surface area contributed by atoms with Gasteiger partial charge in [0.1, 0.15) is 12.2 Å². The largest absolute Gasteiger partial charge is 0.497 e. The summed E-state index contributed by atoms with van der Waals surface area (Å²) in [5.74, 6) is -0.0693. The minimum Gasteiger partial charge on any atom is -0.497 e. The van der Waals surface area contributed by atoms with E-state index in [4.69, 9.17) is 4.74 Å². The lowest BCUT2D eigenvalue weighted by molar-refractivity contribution is -0.123. The van der Waals surface area contributed by atoms with Gasteiger partial charge in [-0.05, 0) is 30.2 Å². The number of amides is 2. The van der Waals surface area contributed by atoms with E-state index >= 15 is 0 Å². The molecule has 0 fully saturated rings. The molecule has 5 heteroatoms. The highest BCUT2D eigenvalue weighted by Crippen LogP contribution is 2.18. The topological polar surface area (TPSA) is 67.4 Å². The molecule has 2 aromatic carbocycles. The fraction of sp³-hybridized carbons (Fsp3) is 0.222. The van der Waals surface area contributed by atoms with E-state index in [9.17, 15) is 9.59 Å². The zero-order valence-electron chi connectivity index (χ0n) is 13.3. The first-order valence-corrected chi connectivity index (χ1v) is 7.44. The maximum Gasteiger partial charge on any atom is 0.233 e. The Kier molecular flexibility index (Phi) is 5.74. The van der Waals surface area contributed by atoms with Crippen molar-refractivity contribution in [2.75, 3.05) is 17.7 Å². The number of ether oxygens (including phenoxy) is 1. The predicted molar refractivity (Wildman–Crippen MR) is 90.7 cm³/mol. The van der Waals surface area contributed by atoms with Gasteiger partial charge in [0.15, 0.2) is 0 Å². The molecule has 2 N–H and O–H groups in total. The van der Waals surface area contributed by atoms with E-state index in [0.717, 1.165) is 17.7 Å². The highest BCUT2D eigenvalue weighted by atomic mass is 16.5. The van der Waals surface area contributed by atoms with Crippen LogP contribution in [-0.4, -0.2) is 18.9 Å². The number of benzene rings is 2. The zero-order valence-corrected chi connectivity index (χ0v) is 13.3. The quantitative estimate of drug-likeness (QED) is 0.805. The molecule has 0 aliphatic carbocycles. The van der Waals surface area contributed by atoms with Crippen LogP contribution in [0.15, 0.2) is 48.5 Å². The molecule has 2 amide bonds. The Bertz CT molecular complexity index is 698. The summed E-state index contributed by atoms with van der Waals surface area (Å²) in [7, 11) is 1.56. The summed E-state index contributed by atoms with van der Waals surface area (Å²) in [5.41, 5.74) is 2.37. The molecule has 0 saturated heterocycles. The molecule has 0 heterocycles. The zero-order chi connectivity index (χ0) is 16.7. The normalized spacial score (nSPS) is 10.0. The summed E-state index contributed by atoms with van der Waals surface area (Å²) in [6.07, 6.45) is 0.571. The van der Waals surface area contributed by atoms with Gasteiger partial charge >= 0.3 is 0 Å². The van der Waals surface area contributed by atoms with Gasteiger partial charge in [-0.15, -0.1) is 0 Å². The summed E-state index contributed by atoms with van der Waals surface area (Å²) in [4.78, 5) is 24.0. The van der Waals surface area contributed by atoms with E-state index in [2.05, 4.69) is 10.6 Å². The molecule has 0 aliphatic heterocycles. The Labute approximate surface area is 135 Å². The van der Waals surface area contributed by atoms with Gasteiger partial charge in [0.05, 0.1) is 7.11 Å². The van der Waals surface area contributed by atoms with Crippen LogP contribution < -0.4 is 15.4 Å². The molecule has 0 radical (unpaired) electrons. The Balaban J connectivity index is 1.93. The second-order valence-corrected chi connectivity index (χ2v) is 5.02. The molecule has 23 heavy (non-hydrogen) atoms. The number of hydrogen-bond donors (Lipinski definition) is 2. The number of methoxy groups -OCH3 is 1. The number of nitrogens with one attached hydrogen (secondary N) is 2. The van der Waals surface area contributed by atoms with Gasteiger partial charge in [0, 0.05) is 17.4 Å². The van der Waals surface area contributed by atoms with Crippen molar-refractivity contribution < 1.29 is 14.3 Å². The van der Waals surface area contributed by atoms with Gasteiger partial charge in [0.2, 0.25) is 11.8 Å². The van der Waals surface area contributed by atoms with E-state index in [1.807, 2.05) is 31.2 Å². The van der Waals surface area contributed by atoms with Gasteiger partial charge in [-0.1, -0.05) is 31.2 Å². The number of carbonyl (C=O) groups is 2. The van der Waals surface area contributed by atoms with Crippen LogP contribution in [0.3, 0.4) is 0 Å². The van der Waals surface area contributed by atoms with E-state index in [1.165, 1.54) is 0 Å². The minimum atomic E-state index is -0.371. The average molecular weight is 312 g/mol. The van der Waals surface area contributed by atoms with Crippen LogP contribution in [0.5, 0.6) is 5.75 Å². The SMILES string of the molecule is CCc1ccccc1NC(=O)CC(=O)Nc1cccc(OC)c1. The molecule has 5 nitrogen and oxygen atoms in total. The lowest BCUT2D eigenvalue weighted by Crippen LogP contribution is -2.21.